The van der Waals surface area contributed by atoms with E-state index in [9.17, 15) is 0 Å². The predicted molar refractivity (Wildman–Crippen MR) is 75.2 cm³/mol. The molecule has 0 amide bonds. The fraction of sp³-hybridized carbons (Fsp3) is 0.500. The highest BCUT2D eigenvalue weighted by atomic mass is 32.2. The summed E-state index contributed by atoms with van der Waals surface area (Å²) in [5.41, 5.74) is 5.66. The molecule has 3 N–H and O–H groups in total. The second kappa shape index (κ2) is 6.32. The van der Waals surface area contributed by atoms with E-state index in [0.29, 0.717) is 17.8 Å². The topological polar surface area (TPSA) is 107 Å². The first-order chi connectivity index (χ1) is 9.19. The number of nitrogen functional groups attached to an aromatic ring is 1. The van der Waals surface area contributed by atoms with Crippen molar-refractivity contribution in [1.82, 2.24) is 29.7 Å². The summed E-state index contributed by atoms with van der Waals surface area (Å²) in [5.74, 6) is 2.54. The summed E-state index contributed by atoms with van der Waals surface area (Å²) in [7, 11) is 0. The SMILES string of the molecule is CSCC(C)CNc1nc(N)nc(-n2cncn2)n1. The lowest BCUT2D eigenvalue weighted by atomic mass is 10.2. The minimum atomic E-state index is 0.153. The molecule has 9 heteroatoms. The van der Waals surface area contributed by atoms with Gasteiger partial charge in [-0.25, -0.2) is 4.98 Å². The van der Waals surface area contributed by atoms with E-state index in [1.165, 1.54) is 17.3 Å². The minimum Gasteiger partial charge on any atom is -0.368 e. The average Bonchev–Trinajstić information content (AvgIpc) is 2.90. The molecule has 0 saturated carbocycles. The Morgan fingerprint density at radius 2 is 2.26 bits per heavy atom. The van der Waals surface area contributed by atoms with Crippen LogP contribution in [0, 0.1) is 5.92 Å². The molecule has 0 radical (unpaired) electrons. The van der Waals surface area contributed by atoms with Gasteiger partial charge in [-0.05, 0) is 17.9 Å². The first-order valence-electron chi connectivity index (χ1n) is 5.78. The zero-order chi connectivity index (χ0) is 13.7. The van der Waals surface area contributed by atoms with Crippen molar-refractivity contribution in [3.63, 3.8) is 0 Å². The Morgan fingerprint density at radius 1 is 1.42 bits per heavy atom. The maximum absolute atomic E-state index is 5.66. The average molecular weight is 280 g/mol. The fourth-order valence-electron chi connectivity index (χ4n) is 1.48. The molecule has 0 aromatic carbocycles. The minimum absolute atomic E-state index is 0.153. The van der Waals surface area contributed by atoms with Crippen LogP contribution in [0.25, 0.3) is 5.95 Å². The second-order valence-corrected chi connectivity index (χ2v) is 5.01. The highest BCUT2D eigenvalue weighted by Gasteiger charge is 2.08. The van der Waals surface area contributed by atoms with Gasteiger partial charge in [0.15, 0.2) is 0 Å². The van der Waals surface area contributed by atoms with Crippen LogP contribution < -0.4 is 11.1 Å². The van der Waals surface area contributed by atoms with Crippen LogP contribution in [-0.4, -0.2) is 48.3 Å². The maximum atomic E-state index is 5.66. The fourth-order valence-corrected chi connectivity index (χ4v) is 2.17. The summed E-state index contributed by atoms with van der Waals surface area (Å²) in [6, 6.07) is 0. The molecule has 0 aliphatic rings. The number of anilines is 2. The molecule has 2 aromatic heterocycles. The Morgan fingerprint density at radius 3 is 2.95 bits per heavy atom. The molecule has 1 atom stereocenters. The van der Waals surface area contributed by atoms with Crippen molar-refractivity contribution in [2.75, 3.05) is 29.6 Å². The summed E-state index contributed by atoms with van der Waals surface area (Å²) in [5, 5.41) is 7.11. The van der Waals surface area contributed by atoms with Gasteiger partial charge >= 0.3 is 0 Å². The van der Waals surface area contributed by atoms with Gasteiger partial charge in [0.05, 0.1) is 0 Å². The summed E-state index contributed by atoms with van der Waals surface area (Å²) in [6.45, 7) is 2.94. The lowest BCUT2D eigenvalue weighted by Crippen LogP contribution is -2.17. The highest BCUT2D eigenvalue weighted by Crippen LogP contribution is 2.08. The van der Waals surface area contributed by atoms with Crippen LogP contribution in [0.3, 0.4) is 0 Å². The van der Waals surface area contributed by atoms with Crippen LogP contribution in [0.1, 0.15) is 6.92 Å². The van der Waals surface area contributed by atoms with E-state index in [2.05, 4.69) is 43.5 Å². The van der Waals surface area contributed by atoms with Crippen LogP contribution in [-0.2, 0) is 0 Å². The summed E-state index contributed by atoms with van der Waals surface area (Å²) < 4.78 is 1.44. The van der Waals surface area contributed by atoms with Crippen molar-refractivity contribution in [3.05, 3.63) is 12.7 Å². The van der Waals surface area contributed by atoms with Gasteiger partial charge in [0, 0.05) is 6.54 Å². The van der Waals surface area contributed by atoms with Crippen LogP contribution in [0.2, 0.25) is 0 Å². The molecule has 1 unspecified atom stereocenters. The Labute approximate surface area is 115 Å². The summed E-state index contributed by atoms with van der Waals surface area (Å²) >= 11 is 1.81. The van der Waals surface area contributed by atoms with E-state index < -0.39 is 0 Å². The second-order valence-electron chi connectivity index (χ2n) is 4.10. The molecule has 2 rings (SSSR count). The molecular formula is C10H16N8S. The molecule has 0 saturated heterocycles. The number of nitrogens with two attached hydrogens (primary N) is 1. The van der Waals surface area contributed by atoms with Gasteiger partial charge in [-0.2, -0.15) is 36.5 Å². The van der Waals surface area contributed by atoms with Crippen molar-refractivity contribution in [2.24, 2.45) is 5.92 Å². The normalized spacial score (nSPS) is 12.3. The molecule has 8 nitrogen and oxygen atoms in total. The first-order valence-corrected chi connectivity index (χ1v) is 7.17. The molecule has 0 bridgehead atoms. The predicted octanol–water partition coefficient (Wildman–Crippen LogP) is 0.445. The molecule has 0 aliphatic heterocycles. The molecule has 102 valence electrons. The number of aromatic nitrogens is 6. The van der Waals surface area contributed by atoms with E-state index in [4.69, 9.17) is 5.73 Å². The van der Waals surface area contributed by atoms with Crippen molar-refractivity contribution in [3.8, 4) is 5.95 Å². The lowest BCUT2D eigenvalue weighted by molar-refractivity contribution is 0.694. The van der Waals surface area contributed by atoms with Crippen LogP contribution in [0.5, 0.6) is 0 Å². The molecule has 0 fully saturated rings. The number of thioether (sulfide) groups is 1. The third kappa shape index (κ3) is 3.78. The largest absolute Gasteiger partial charge is 0.368 e. The summed E-state index contributed by atoms with van der Waals surface area (Å²) in [4.78, 5) is 16.2. The Hall–Kier alpha value is -1.90. The first kappa shape index (κ1) is 13.5. The Bertz CT molecular complexity index is 514. The van der Waals surface area contributed by atoms with Crippen LogP contribution in [0.15, 0.2) is 12.7 Å². The van der Waals surface area contributed by atoms with E-state index in [1.54, 1.807) is 0 Å². The van der Waals surface area contributed by atoms with Gasteiger partial charge in [-0.15, -0.1) is 0 Å². The zero-order valence-corrected chi connectivity index (χ0v) is 11.6. The Balaban J connectivity index is 2.09. The monoisotopic (exact) mass is 280 g/mol. The van der Waals surface area contributed by atoms with Gasteiger partial charge in [0.2, 0.25) is 11.9 Å². The van der Waals surface area contributed by atoms with Gasteiger partial charge < -0.3 is 11.1 Å². The third-order valence-electron chi connectivity index (χ3n) is 2.32. The van der Waals surface area contributed by atoms with E-state index >= 15 is 0 Å². The van der Waals surface area contributed by atoms with Crippen molar-refractivity contribution in [1.29, 1.82) is 0 Å². The zero-order valence-electron chi connectivity index (χ0n) is 10.8. The number of hydrogen-bond donors (Lipinski definition) is 2. The summed E-state index contributed by atoms with van der Waals surface area (Å²) in [6.07, 6.45) is 5.00. The molecule has 2 aromatic rings. The smallest absolute Gasteiger partial charge is 0.258 e. The Kier molecular flexibility index (Phi) is 4.50. The molecular weight excluding hydrogens is 264 g/mol. The number of nitrogens with one attached hydrogen (secondary N) is 1. The van der Waals surface area contributed by atoms with Crippen molar-refractivity contribution < 1.29 is 0 Å². The third-order valence-corrected chi connectivity index (χ3v) is 3.23. The van der Waals surface area contributed by atoms with Crippen molar-refractivity contribution in [2.45, 2.75) is 6.92 Å². The lowest BCUT2D eigenvalue weighted by Gasteiger charge is -2.11. The van der Waals surface area contributed by atoms with Crippen molar-refractivity contribution >= 4 is 23.7 Å². The maximum Gasteiger partial charge on any atom is 0.258 e. The standard InChI is InChI=1S/C10H16N8S/c1-7(4-19-2)3-13-9-15-8(11)16-10(17-9)18-6-12-5-14-18/h5-7H,3-4H2,1-2H3,(H3,11,13,15,16,17). The van der Waals surface area contributed by atoms with E-state index in [-0.39, 0.29) is 5.95 Å². The molecule has 19 heavy (non-hydrogen) atoms. The number of nitrogens with zero attached hydrogens (tertiary/aromatic N) is 6. The number of rotatable bonds is 6. The van der Waals surface area contributed by atoms with E-state index in [0.717, 1.165) is 12.3 Å². The molecule has 0 aliphatic carbocycles. The highest BCUT2D eigenvalue weighted by molar-refractivity contribution is 7.98. The quantitative estimate of drug-likeness (QED) is 0.785. The van der Waals surface area contributed by atoms with Gasteiger partial charge in [-0.3, -0.25) is 0 Å². The number of hydrogen-bond acceptors (Lipinski definition) is 8. The van der Waals surface area contributed by atoms with Crippen LogP contribution >= 0.6 is 11.8 Å². The van der Waals surface area contributed by atoms with Gasteiger partial charge in [0.1, 0.15) is 12.7 Å². The molecule has 0 spiro atoms. The van der Waals surface area contributed by atoms with Gasteiger partial charge in [0.25, 0.3) is 5.95 Å². The van der Waals surface area contributed by atoms with E-state index in [1.807, 2.05) is 11.8 Å². The van der Waals surface area contributed by atoms with Gasteiger partial charge in [-0.1, -0.05) is 6.92 Å². The molecule has 2 heterocycles. The van der Waals surface area contributed by atoms with Crippen LogP contribution in [0.4, 0.5) is 11.9 Å².